The first-order valence-electron chi connectivity index (χ1n) is 5.98. The molecule has 0 bridgehead atoms. The summed E-state index contributed by atoms with van der Waals surface area (Å²) in [6, 6.07) is 6.56. The molecule has 0 amide bonds. The van der Waals surface area contributed by atoms with Gasteiger partial charge < -0.3 is 9.67 Å². The second kappa shape index (κ2) is 5.94. The summed E-state index contributed by atoms with van der Waals surface area (Å²) in [7, 11) is -3.87. The van der Waals surface area contributed by atoms with Gasteiger partial charge in [0.05, 0.1) is 9.82 Å². The van der Waals surface area contributed by atoms with Crippen LogP contribution < -0.4 is 4.72 Å². The largest absolute Gasteiger partial charge is 0.502 e. The van der Waals surface area contributed by atoms with E-state index in [0.717, 1.165) is 18.2 Å². The van der Waals surface area contributed by atoms with Crippen LogP contribution in [0.5, 0.6) is 5.75 Å². The Balaban J connectivity index is 2.12. The molecule has 0 fully saturated rings. The lowest BCUT2D eigenvalue weighted by Gasteiger charge is -2.07. The Morgan fingerprint density at radius 2 is 1.95 bits per heavy atom. The molecule has 0 aliphatic carbocycles. The lowest BCUT2D eigenvalue weighted by molar-refractivity contribution is -0.386. The normalized spacial score (nSPS) is 11.4. The van der Waals surface area contributed by atoms with Crippen molar-refractivity contribution < 1.29 is 18.4 Å². The monoisotopic (exact) mass is 311 g/mol. The van der Waals surface area contributed by atoms with Gasteiger partial charge in [-0.15, -0.1) is 0 Å². The van der Waals surface area contributed by atoms with Gasteiger partial charge in [-0.25, -0.2) is 13.1 Å². The van der Waals surface area contributed by atoms with Gasteiger partial charge in [-0.05, 0) is 24.3 Å². The Labute approximate surface area is 120 Å². The Bertz CT molecular complexity index is 740. The molecular formula is C12H13N3O5S. The van der Waals surface area contributed by atoms with Crippen molar-refractivity contribution in [3.05, 3.63) is 52.8 Å². The van der Waals surface area contributed by atoms with Crippen LogP contribution in [0.3, 0.4) is 0 Å². The minimum atomic E-state index is -3.87. The number of nitrogens with one attached hydrogen (secondary N) is 1. The summed E-state index contributed by atoms with van der Waals surface area (Å²) < 4.78 is 28.2. The highest BCUT2D eigenvalue weighted by molar-refractivity contribution is 7.89. The molecule has 0 atom stereocenters. The van der Waals surface area contributed by atoms with Crippen molar-refractivity contribution in [1.82, 2.24) is 9.29 Å². The zero-order chi connectivity index (χ0) is 15.5. The number of nitro groups is 1. The fourth-order valence-electron chi connectivity index (χ4n) is 1.73. The van der Waals surface area contributed by atoms with Gasteiger partial charge in [-0.3, -0.25) is 10.1 Å². The third-order valence-electron chi connectivity index (χ3n) is 2.78. The van der Waals surface area contributed by atoms with Crippen molar-refractivity contribution in [2.45, 2.75) is 11.4 Å². The maximum absolute atomic E-state index is 12.0. The molecule has 0 radical (unpaired) electrons. The number of aromatic hydroxyl groups is 1. The molecule has 0 aliphatic heterocycles. The van der Waals surface area contributed by atoms with Crippen molar-refractivity contribution in [2.75, 3.05) is 6.54 Å². The number of hydrogen-bond acceptors (Lipinski definition) is 5. The third-order valence-corrected chi connectivity index (χ3v) is 4.24. The summed E-state index contributed by atoms with van der Waals surface area (Å²) >= 11 is 0. The summed E-state index contributed by atoms with van der Waals surface area (Å²) in [5.74, 6) is -0.578. The second-order valence-corrected chi connectivity index (χ2v) is 5.99. The zero-order valence-corrected chi connectivity index (χ0v) is 11.7. The molecule has 0 spiro atoms. The number of sulfonamides is 1. The van der Waals surface area contributed by atoms with Gasteiger partial charge in [-0.1, -0.05) is 0 Å². The van der Waals surface area contributed by atoms with Gasteiger partial charge in [0.15, 0.2) is 5.75 Å². The van der Waals surface area contributed by atoms with Gasteiger partial charge in [0, 0.05) is 31.5 Å². The van der Waals surface area contributed by atoms with Crippen LogP contribution in [0.15, 0.2) is 47.6 Å². The molecule has 0 saturated heterocycles. The number of phenolic OH excluding ortho intramolecular Hbond substituents is 1. The van der Waals surface area contributed by atoms with E-state index >= 15 is 0 Å². The van der Waals surface area contributed by atoms with Crippen molar-refractivity contribution in [3.8, 4) is 5.75 Å². The Hall–Kier alpha value is -2.39. The van der Waals surface area contributed by atoms with Crippen molar-refractivity contribution >= 4 is 15.7 Å². The Kier molecular flexibility index (Phi) is 4.24. The number of nitrogens with zero attached hydrogens (tertiary/aromatic N) is 2. The number of aromatic nitrogens is 1. The van der Waals surface area contributed by atoms with E-state index in [0.29, 0.717) is 6.54 Å². The average Bonchev–Trinajstić information content (AvgIpc) is 2.91. The standard InChI is InChI=1S/C12H13N3O5S/c16-12-4-3-10(9-11(12)15(17)18)21(19,20)13-5-8-14-6-1-2-7-14/h1-4,6-7,9,13,16H,5,8H2. The van der Waals surface area contributed by atoms with Gasteiger partial charge >= 0.3 is 5.69 Å². The third kappa shape index (κ3) is 3.58. The quantitative estimate of drug-likeness (QED) is 0.612. The molecule has 112 valence electrons. The second-order valence-electron chi connectivity index (χ2n) is 4.23. The molecule has 0 unspecified atom stereocenters. The average molecular weight is 311 g/mol. The fraction of sp³-hybridized carbons (Fsp3) is 0.167. The van der Waals surface area contributed by atoms with Crippen molar-refractivity contribution in [2.24, 2.45) is 0 Å². The van der Waals surface area contributed by atoms with Crippen LogP contribution in [0.4, 0.5) is 5.69 Å². The summed E-state index contributed by atoms with van der Waals surface area (Å²) in [6.45, 7) is 0.581. The minimum absolute atomic E-state index is 0.145. The van der Waals surface area contributed by atoms with Crippen LogP contribution in [-0.2, 0) is 16.6 Å². The summed E-state index contributed by atoms with van der Waals surface area (Å²) in [5, 5.41) is 20.0. The molecule has 8 nitrogen and oxygen atoms in total. The molecule has 2 aromatic rings. The van der Waals surface area contributed by atoms with Gasteiger partial charge in [0.1, 0.15) is 0 Å². The van der Waals surface area contributed by atoms with E-state index in [9.17, 15) is 23.6 Å². The first kappa shape index (κ1) is 15.0. The van der Waals surface area contributed by atoms with Crippen LogP contribution in [0, 0.1) is 10.1 Å². The van der Waals surface area contributed by atoms with E-state index in [2.05, 4.69) is 4.72 Å². The van der Waals surface area contributed by atoms with Crippen LogP contribution in [0.25, 0.3) is 0 Å². The highest BCUT2D eigenvalue weighted by atomic mass is 32.2. The number of phenols is 1. The molecule has 2 N–H and O–H groups in total. The Morgan fingerprint density at radius 3 is 2.57 bits per heavy atom. The fourth-order valence-corrected chi connectivity index (χ4v) is 2.77. The number of hydrogen-bond donors (Lipinski definition) is 2. The lowest BCUT2D eigenvalue weighted by Crippen LogP contribution is -2.27. The molecular weight excluding hydrogens is 298 g/mol. The minimum Gasteiger partial charge on any atom is -0.502 e. The smallest absolute Gasteiger partial charge is 0.312 e. The topological polar surface area (TPSA) is 114 Å². The highest BCUT2D eigenvalue weighted by Gasteiger charge is 2.20. The van der Waals surface area contributed by atoms with Gasteiger partial charge in [0.2, 0.25) is 10.0 Å². The van der Waals surface area contributed by atoms with E-state index < -0.39 is 26.4 Å². The summed E-state index contributed by atoms with van der Waals surface area (Å²) in [6.07, 6.45) is 3.58. The molecule has 9 heteroatoms. The van der Waals surface area contributed by atoms with Crippen molar-refractivity contribution in [3.63, 3.8) is 0 Å². The molecule has 2 rings (SSSR count). The highest BCUT2D eigenvalue weighted by Crippen LogP contribution is 2.27. The molecule has 1 heterocycles. The van der Waals surface area contributed by atoms with Gasteiger partial charge in [0.25, 0.3) is 0 Å². The van der Waals surface area contributed by atoms with Crippen LogP contribution in [0.1, 0.15) is 0 Å². The first-order valence-corrected chi connectivity index (χ1v) is 7.46. The van der Waals surface area contributed by atoms with Crippen LogP contribution in [0.2, 0.25) is 0 Å². The summed E-state index contributed by atoms with van der Waals surface area (Å²) in [4.78, 5) is 9.59. The van der Waals surface area contributed by atoms with E-state index in [4.69, 9.17) is 0 Å². The molecule has 21 heavy (non-hydrogen) atoms. The van der Waals surface area contributed by atoms with E-state index in [-0.39, 0.29) is 11.4 Å². The predicted molar refractivity (Wildman–Crippen MR) is 74.4 cm³/mol. The van der Waals surface area contributed by atoms with Gasteiger partial charge in [-0.2, -0.15) is 0 Å². The molecule has 1 aromatic heterocycles. The maximum Gasteiger partial charge on any atom is 0.312 e. The SMILES string of the molecule is O=[N+]([O-])c1cc(S(=O)(=O)NCCn2cccc2)ccc1O. The van der Waals surface area contributed by atoms with Crippen LogP contribution >= 0.6 is 0 Å². The predicted octanol–water partition coefficient (Wildman–Crippen LogP) is 1.08. The molecule has 0 saturated carbocycles. The van der Waals surface area contributed by atoms with Crippen LogP contribution in [-0.4, -0.2) is 29.6 Å². The number of nitro benzene ring substituents is 1. The van der Waals surface area contributed by atoms with E-state index in [1.165, 1.54) is 0 Å². The lowest BCUT2D eigenvalue weighted by atomic mass is 10.3. The Morgan fingerprint density at radius 1 is 1.29 bits per heavy atom. The number of benzene rings is 1. The van der Waals surface area contributed by atoms with E-state index in [1.807, 2.05) is 12.1 Å². The zero-order valence-electron chi connectivity index (χ0n) is 10.8. The molecule has 1 aromatic carbocycles. The number of rotatable bonds is 6. The van der Waals surface area contributed by atoms with E-state index in [1.54, 1.807) is 17.0 Å². The molecule has 0 aliphatic rings. The van der Waals surface area contributed by atoms with Crippen molar-refractivity contribution in [1.29, 1.82) is 0 Å². The summed E-state index contributed by atoms with van der Waals surface area (Å²) in [5.41, 5.74) is -0.650. The first-order chi connectivity index (χ1) is 9.90. The maximum atomic E-state index is 12.0.